The summed E-state index contributed by atoms with van der Waals surface area (Å²) in [4.78, 5) is 41.2. The van der Waals surface area contributed by atoms with E-state index in [9.17, 15) is 14.4 Å². The molecule has 2 heterocycles. The predicted octanol–water partition coefficient (Wildman–Crippen LogP) is 1.73. The Balaban J connectivity index is 1.58. The van der Waals surface area contributed by atoms with E-state index in [-0.39, 0.29) is 12.5 Å². The van der Waals surface area contributed by atoms with Crippen molar-refractivity contribution in [1.82, 2.24) is 14.5 Å². The van der Waals surface area contributed by atoms with Gasteiger partial charge in [-0.15, -0.1) is 0 Å². The number of aromatic nitrogens is 2. The van der Waals surface area contributed by atoms with Crippen LogP contribution in [-0.4, -0.2) is 33.4 Å². The summed E-state index contributed by atoms with van der Waals surface area (Å²) >= 11 is 0. The van der Waals surface area contributed by atoms with Crippen LogP contribution < -0.4 is 11.2 Å². The van der Waals surface area contributed by atoms with Gasteiger partial charge in [0.05, 0.1) is 10.9 Å². The number of piperidine rings is 1. The van der Waals surface area contributed by atoms with Crippen molar-refractivity contribution in [2.45, 2.75) is 38.6 Å². The van der Waals surface area contributed by atoms with Crippen LogP contribution >= 0.6 is 0 Å². The van der Waals surface area contributed by atoms with E-state index < -0.39 is 11.2 Å². The fourth-order valence-electron chi connectivity index (χ4n) is 4.46. The number of hydrogen-bond donors (Lipinski definition) is 1. The third-order valence-electron chi connectivity index (χ3n) is 5.84. The monoisotopic (exact) mass is 341 g/mol. The molecule has 1 aliphatic heterocycles. The number of fused-ring (bicyclic) bond motifs is 2. The Morgan fingerprint density at radius 2 is 1.84 bits per heavy atom. The molecule has 6 heteroatoms. The van der Waals surface area contributed by atoms with Gasteiger partial charge < -0.3 is 4.90 Å². The Bertz CT molecular complexity index is 914. The molecule has 132 valence electrons. The van der Waals surface area contributed by atoms with Crippen LogP contribution in [0.4, 0.5) is 0 Å². The Morgan fingerprint density at radius 3 is 2.68 bits per heavy atom. The molecule has 0 unspecified atom stereocenters. The van der Waals surface area contributed by atoms with Crippen molar-refractivity contribution in [3.05, 3.63) is 45.1 Å². The molecular formula is C19H23N3O3. The third-order valence-corrected chi connectivity index (χ3v) is 5.84. The van der Waals surface area contributed by atoms with Gasteiger partial charge in [0.1, 0.15) is 6.54 Å². The minimum absolute atomic E-state index is 0.0203. The van der Waals surface area contributed by atoms with Gasteiger partial charge in [0, 0.05) is 13.1 Å². The number of aromatic amines is 1. The van der Waals surface area contributed by atoms with Crippen molar-refractivity contribution in [3.63, 3.8) is 0 Å². The van der Waals surface area contributed by atoms with E-state index >= 15 is 0 Å². The highest BCUT2D eigenvalue weighted by molar-refractivity contribution is 5.81. The quantitative estimate of drug-likeness (QED) is 0.904. The molecule has 0 bridgehead atoms. The number of nitrogens with zero attached hydrogens (tertiary/aromatic N) is 2. The molecule has 2 aliphatic rings. The number of rotatable bonds is 2. The molecule has 6 nitrogen and oxygen atoms in total. The van der Waals surface area contributed by atoms with Crippen molar-refractivity contribution in [2.24, 2.45) is 11.8 Å². The summed E-state index contributed by atoms with van der Waals surface area (Å²) in [6.45, 7) is 1.56. The van der Waals surface area contributed by atoms with E-state index in [0.29, 0.717) is 16.8 Å². The maximum atomic E-state index is 12.8. The molecule has 1 saturated carbocycles. The normalized spacial score (nSPS) is 23.4. The van der Waals surface area contributed by atoms with E-state index in [2.05, 4.69) is 4.98 Å². The zero-order valence-electron chi connectivity index (χ0n) is 14.2. The summed E-state index contributed by atoms with van der Waals surface area (Å²) in [5.74, 6) is 1.33. The number of amides is 1. The van der Waals surface area contributed by atoms with Gasteiger partial charge in [-0.25, -0.2) is 4.79 Å². The molecule has 1 aromatic carbocycles. The number of hydrogen-bond acceptors (Lipinski definition) is 3. The molecule has 1 aliphatic carbocycles. The van der Waals surface area contributed by atoms with E-state index in [0.717, 1.165) is 25.4 Å². The molecule has 1 saturated heterocycles. The molecule has 25 heavy (non-hydrogen) atoms. The molecule has 0 spiro atoms. The second-order valence-electron chi connectivity index (χ2n) is 7.30. The fraction of sp³-hybridized carbons (Fsp3) is 0.526. The first kappa shape index (κ1) is 16.1. The van der Waals surface area contributed by atoms with Gasteiger partial charge in [-0.05, 0) is 36.8 Å². The Morgan fingerprint density at radius 1 is 1.08 bits per heavy atom. The Labute approximate surface area is 145 Å². The second kappa shape index (κ2) is 6.50. The summed E-state index contributed by atoms with van der Waals surface area (Å²) in [5.41, 5.74) is -0.422. The zero-order chi connectivity index (χ0) is 17.4. The molecule has 1 amide bonds. The van der Waals surface area contributed by atoms with Gasteiger partial charge in [-0.3, -0.25) is 19.1 Å². The number of benzene rings is 1. The summed E-state index contributed by atoms with van der Waals surface area (Å²) in [6.07, 6.45) is 6.13. The molecule has 0 radical (unpaired) electrons. The van der Waals surface area contributed by atoms with Gasteiger partial charge in [-0.2, -0.15) is 0 Å². The van der Waals surface area contributed by atoms with Crippen LogP contribution in [0.1, 0.15) is 32.1 Å². The average Bonchev–Trinajstić information content (AvgIpc) is 2.64. The van der Waals surface area contributed by atoms with E-state index in [4.69, 9.17) is 0 Å². The minimum atomic E-state index is -0.524. The summed E-state index contributed by atoms with van der Waals surface area (Å²) < 4.78 is 1.38. The van der Waals surface area contributed by atoms with Crippen LogP contribution in [0.25, 0.3) is 10.9 Å². The number of carbonyl (C=O) groups excluding carboxylic acids is 1. The topological polar surface area (TPSA) is 75.2 Å². The SMILES string of the molecule is O=C(Cn1c(=O)[nH]c(=O)c2ccccc21)N1CC[C@H]2CCCC[C@@H]2C1. The van der Waals surface area contributed by atoms with Crippen molar-refractivity contribution >= 4 is 16.8 Å². The van der Waals surface area contributed by atoms with Crippen molar-refractivity contribution in [3.8, 4) is 0 Å². The highest BCUT2D eigenvalue weighted by Gasteiger charge is 2.33. The maximum absolute atomic E-state index is 12.8. The van der Waals surface area contributed by atoms with Crippen LogP contribution in [0.5, 0.6) is 0 Å². The van der Waals surface area contributed by atoms with Crippen LogP contribution in [-0.2, 0) is 11.3 Å². The standard InChI is InChI=1S/C19H23N3O3/c23-17(21-10-9-13-5-1-2-6-14(13)11-21)12-22-16-8-4-3-7-15(16)18(24)20-19(22)25/h3-4,7-8,13-14H,1-2,5-6,9-12H2,(H,20,24,25)/t13-,14-/m1/s1. The van der Waals surface area contributed by atoms with Crippen molar-refractivity contribution in [2.75, 3.05) is 13.1 Å². The van der Waals surface area contributed by atoms with Crippen molar-refractivity contribution < 1.29 is 4.79 Å². The van der Waals surface area contributed by atoms with Crippen LogP contribution in [0.3, 0.4) is 0 Å². The lowest BCUT2D eigenvalue weighted by Gasteiger charge is -2.41. The highest BCUT2D eigenvalue weighted by Crippen LogP contribution is 2.36. The van der Waals surface area contributed by atoms with Crippen LogP contribution in [0, 0.1) is 11.8 Å². The molecule has 2 fully saturated rings. The van der Waals surface area contributed by atoms with E-state index in [1.165, 1.54) is 30.3 Å². The minimum Gasteiger partial charge on any atom is -0.341 e. The first-order valence-electron chi connectivity index (χ1n) is 9.13. The van der Waals surface area contributed by atoms with Gasteiger partial charge in [0.25, 0.3) is 5.56 Å². The first-order valence-corrected chi connectivity index (χ1v) is 9.13. The van der Waals surface area contributed by atoms with Gasteiger partial charge in [0.2, 0.25) is 5.91 Å². The largest absolute Gasteiger partial charge is 0.341 e. The lowest BCUT2D eigenvalue weighted by atomic mass is 9.75. The molecular weight excluding hydrogens is 318 g/mol. The molecule has 2 atom stereocenters. The van der Waals surface area contributed by atoms with Crippen molar-refractivity contribution in [1.29, 1.82) is 0 Å². The fourth-order valence-corrected chi connectivity index (χ4v) is 4.46. The Kier molecular flexibility index (Phi) is 4.19. The average molecular weight is 341 g/mol. The van der Waals surface area contributed by atoms with Gasteiger partial charge in [-0.1, -0.05) is 31.4 Å². The van der Waals surface area contributed by atoms with Crippen LogP contribution in [0.15, 0.2) is 33.9 Å². The summed E-state index contributed by atoms with van der Waals surface area (Å²) in [6, 6.07) is 6.91. The number of carbonyl (C=O) groups is 1. The summed E-state index contributed by atoms with van der Waals surface area (Å²) in [7, 11) is 0. The van der Waals surface area contributed by atoms with E-state index in [1.807, 2.05) is 4.90 Å². The molecule has 1 aromatic heterocycles. The lowest BCUT2D eigenvalue weighted by Crippen LogP contribution is -2.47. The number of H-pyrrole nitrogens is 1. The summed E-state index contributed by atoms with van der Waals surface area (Å²) in [5, 5.41) is 0.431. The molecule has 4 rings (SSSR count). The lowest BCUT2D eigenvalue weighted by molar-refractivity contribution is -0.134. The van der Waals surface area contributed by atoms with Crippen LogP contribution in [0.2, 0.25) is 0 Å². The number of nitrogens with one attached hydrogen (secondary N) is 1. The number of para-hydroxylation sites is 1. The maximum Gasteiger partial charge on any atom is 0.329 e. The first-order chi connectivity index (χ1) is 12.1. The van der Waals surface area contributed by atoms with E-state index in [1.54, 1.807) is 24.3 Å². The molecule has 2 aromatic rings. The Hall–Kier alpha value is -2.37. The highest BCUT2D eigenvalue weighted by atomic mass is 16.2. The van der Waals surface area contributed by atoms with Gasteiger partial charge in [0.15, 0.2) is 0 Å². The number of likely N-dealkylation sites (tertiary alicyclic amines) is 1. The second-order valence-corrected chi connectivity index (χ2v) is 7.30. The zero-order valence-corrected chi connectivity index (χ0v) is 14.2. The van der Waals surface area contributed by atoms with Gasteiger partial charge >= 0.3 is 5.69 Å². The smallest absolute Gasteiger partial charge is 0.329 e. The molecule has 1 N–H and O–H groups in total. The predicted molar refractivity (Wildman–Crippen MR) is 95.5 cm³/mol. The third kappa shape index (κ3) is 3.01.